The van der Waals surface area contributed by atoms with Gasteiger partial charge in [-0.05, 0) is 73.8 Å². The van der Waals surface area contributed by atoms with E-state index in [2.05, 4.69) is 6.92 Å². The number of hydrogen-bond donors (Lipinski definition) is 0. The molecule has 0 saturated heterocycles. The van der Waals surface area contributed by atoms with Gasteiger partial charge in [-0.3, -0.25) is 0 Å². The van der Waals surface area contributed by atoms with Crippen molar-refractivity contribution in [1.29, 1.82) is 0 Å². The fourth-order valence-corrected chi connectivity index (χ4v) is 5.59. The van der Waals surface area contributed by atoms with E-state index in [0.29, 0.717) is 17.9 Å². The van der Waals surface area contributed by atoms with Crippen LogP contribution >= 0.6 is 0 Å². The second-order valence-corrected chi connectivity index (χ2v) is 8.94. The summed E-state index contributed by atoms with van der Waals surface area (Å²) in [5.74, 6) is 1.94. The Morgan fingerprint density at radius 2 is 1.37 bits per heavy atom. The molecule has 2 fully saturated rings. The molecule has 0 radical (unpaired) electrons. The molecule has 3 rings (SSSR count). The summed E-state index contributed by atoms with van der Waals surface area (Å²) in [6.45, 7) is 2.31. The Balaban J connectivity index is 1.42. The molecule has 1 aromatic rings. The maximum absolute atomic E-state index is 14.1. The first-order chi connectivity index (χ1) is 13.1. The monoisotopic (exact) mass is 378 g/mol. The number of methoxy groups -OCH3 is 1. The minimum atomic E-state index is -0.850. The molecular formula is C24H36F2O. The van der Waals surface area contributed by atoms with Crippen molar-refractivity contribution in [2.45, 2.75) is 84.0 Å². The summed E-state index contributed by atoms with van der Waals surface area (Å²) in [4.78, 5) is 0. The summed E-state index contributed by atoms with van der Waals surface area (Å²) >= 11 is 0. The molecule has 0 heterocycles. The van der Waals surface area contributed by atoms with Gasteiger partial charge in [0.15, 0.2) is 11.6 Å². The molecule has 0 aliphatic heterocycles. The van der Waals surface area contributed by atoms with Gasteiger partial charge in [0.2, 0.25) is 5.82 Å². The van der Waals surface area contributed by atoms with Crippen molar-refractivity contribution in [2.75, 3.05) is 7.11 Å². The third kappa shape index (κ3) is 5.23. The molecule has 27 heavy (non-hydrogen) atoms. The van der Waals surface area contributed by atoms with Gasteiger partial charge in [-0.1, -0.05) is 51.5 Å². The molecule has 152 valence electrons. The summed E-state index contributed by atoms with van der Waals surface area (Å²) < 4.78 is 32.9. The fraction of sp³-hybridized carbons (Fsp3) is 0.750. The first kappa shape index (κ1) is 20.6. The van der Waals surface area contributed by atoms with Crippen molar-refractivity contribution in [3.63, 3.8) is 0 Å². The average molecular weight is 379 g/mol. The van der Waals surface area contributed by atoms with Crippen molar-refractivity contribution in [2.24, 2.45) is 23.7 Å². The average Bonchev–Trinajstić information content (AvgIpc) is 2.70. The molecule has 1 aromatic carbocycles. The predicted molar refractivity (Wildman–Crippen MR) is 107 cm³/mol. The van der Waals surface area contributed by atoms with Crippen molar-refractivity contribution in [3.8, 4) is 5.75 Å². The number of aryl methyl sites for hydroxylation is 1. The van der Waals surface area contributed by atoms with Crippen molar-refractivity contribution >= 4 is 0 Å². The van der Waals surface area contributed by atoms with Gasteiger partial charge in [-0.25, -0.2) is 4.39 Å². The molecule has 2 saturated carbocycles. The minimum absolute atomic E-state index is 0.00887. The molecule has 3 heteroatoms. The molecule has 0 bridgehead atoms. The molecule has 0 spiro atoms. The first-order valence-corrected chi connectivity index (χ1v) is 11.1. The molecule has 2 aliphatic carbocycles. The van der Waals surface area contributed by atoms with Crippen LogP contribution in [-0.2, 0) is 6.42 Å². The molecular weight excluding hydrogens is 342 g/mol. The third-order valence-corrected chi connectivity index (χ3v) is 7.32. The topological polar surface area (TPSA) is 9.23 Å². The van der Waals surface area contributed by atoms with E-state index in [0.717, 1.165) is 24.2 Å². The third-order valence-electron chi connectivity index (χ3n) is 7.32. The summed E-state index contributed by atoms with van der Waals surface area (Å²) in [5, 5.41) is 0. The predicted octanol–water partition coefficient (Wildman–Crippen LogP) is 7.32. The van der Waals surface area contributed by atoms with Crippen LogP contribution in [0, 0.1) is 35.3 Å². The van der Waals surface area contributed by atoms with Crippen LogP contribution in [0.5, 0.6) is 5.75 Å². The minimum Gasteiger partial charge on any atom is -0.494 e. The Bertz CT molecular complexity index is 584. The second-order valence-electron chi connectivity index (χ2n) is 8.94. The van der Waals surface area contributed by atoms with Gasteiger partial charge in [0.1, 0.15) is 0 Å². The standard InChI is InChI=1S/C24H36F2O/c1-3-4-17-5-10-19(11-6-17)20-12-7-18(8-13-20)9-14-21-15-16-22(27-2)24(26)23(21)25/h15-20H,3-14H2,1-2H3. The van der Waals surface area contributed by atoms with E-state index in [-0.39, 0.29) is 5.75 Å². The summed E-state index contributed by atoms with van der Waals surface area (Å²) in [5.41, 5.74) is 0.490. The Morgan fingerprint density at radius 3 is 1.89 bits per heavy atom. The maximum atomic E-state index is 14.1. The molecule has 0 N–H and O–H groups in total. The number of rotatable bonds is 7. The van der Waals surface area contributed by atoms with E-state index < -0.39 is 11.6 Å². The second kappa shape index (κ2) is 9.89. The first-order valence-electron chi connectivity index (χ1n) is 11.1. The van der Waals surface area contributed by atoms with E-state index >= 15 is 0 Å². The summed E-state index contributed by atoms with van der Waals surface area (Å²) in [7, 11) is 1.37. The largest absolute Gasteiger partial charge is 0.494 e. The zero-order valence-electron chi connectivity index (χ0n) is 17.1. The highest BCUT2D eigenvalue weighted by Gasteiger charge is 2.30. The number of benzene rings is 1. The van der Waals surface area contributed by atoms with Gasteiger partial charge in [-0.2, -0.15) is 4.39 Å². The van der Waals surface area contributed by atoms with Gasteiger partial charge in [0.25, 0.3) is 0 Å². The van der Waals surface area contributed by atoms with Crippen molar-refractivity contribution < 1.29 is 13.5 Å². The quantitative estimate of drug-likeness (QED) is 0.483. The van der Waals surface area contributed by atoms with Gasteiger partial charge in [0.05, 0.1) is 7.11 Å². The van der Waals surface area contributed by atoms with Gasteiger partial charge in [0, 0.05) is 0 Å². The lowest BCUT2D eigenvalue weighted by Crippen LogP contribution is -2.26. The zero-order chi connectivity index (χ0) is 19.2. The number of hydrogen-bond acceptors (Lipinski definition) is 1. The fourth-order valence-electron chi connectivity index (χ4n) is 5.59. The molecule has 0 amide bonds. The summed E-state index contributed by atoms with van der Waals surface area (Å²) in [6, 6.07) is 3.22. The van der Waals surface area contributed by atoms with Crippen molar-refractivity contribution in [1.82, 2.24) is 0 Å². The van der Waals surface area contributed by atoms with Gasteiger partial charge < -0.3 is 4.74 Å². The highest BCUT2D eigenvalue weighted by Crippen LogP contribution is 2.43. The maximum Gasteiger partial charge on any atom is 0.200 e. The summed E-state index contributed by atoms with van der Waals surface area (Å²) in [6.07, 6.45) is 15.3. The van der Waals surface area contributed by atoms with Crippen LogP contribution in [0.3, 0.4) is 0 Å². The van der Waals surface area contributed by atoms with Crippen LogP contribution in [0.15, 0.2) is 12.1 Å². The normalized spacial score (nSPS) is 28.9. The van der Waals surface area contributed by atoms with Gasteiger partial charge in [-0.15, -0.1) is 0 Å². The van der Waals surface area contributed by atoms with Gasteiger partial charge >= 0.3 is 0 Å². The van der Waals surface area contributed by atoms with Crippen LogP contribution in [-0.4, -0.2) is 7.11 Å². The number of ether oxygens (including phenoxy) is 1. The zero-order valence-corrected chi connectivity index (χ0v) is 17.1. The highest BCUT2D eigenvalue weighted by atomic mass is 19.2. The van der Waals surface area contributed by atoms with Crippen LogP contribution in [0.25, 0.3) is 0 Å². The Morgan fingerprint density at radius 1 is 0.815 bits per heavy atom. The van der Waals surface area contributed by atoms with Crippen molar-refractivity contribution in [3.05, 3.63) is 29.3 Å². The van der Waals surface area contributed by atoms with E-state index in [4.69, 9.17) is 4.74 Å². The molecule has 2 aliphatic rings. The van der Waals surface area contributed by atoms with E-state index in [1.54, 1.807) is 12.1 Å². The molecule has 0 aromatic heterocycles. The van der Waals surface area contributed by atoms with Crippen LogP contribution in [0.4, 0.5) is 8.78 Å². The van der Waals surface area contributed by atoms with Crippen LogP contribution in [0.2, 0.25) is 0 Å². The van der Waals surface area contributed by atoms with Crippen LogP contribution in [0.1, 0.15) is 83.1 Å². The van der Waals surface area contributed by atoms with Crippen LogP contribution < -0.4 is 4.74 Å². The number of halogens is 2. The van der Waals surface area contributed by atoms with E-state index in [1.165, 1.54) is 71.3 Å². The lowest BCUT2D eigenvalue weighted by Gasteiger charge is -2.38. The molecule has 1 nitrogen and oxygen atoms in total. The molecule has 0 unspecified atom stereocenters. The SMILES string of the molecule is CCCC1CCC(C2CCC(CCc3ccc(OC)c(F)c3F)CC2)CC1. The lowest BCUT2D eigenvalue weighted by molar-refractivity contribution is 0.141. The Hall–Kier alpha value is -1.12. The Labute approximate surface area is 163 Å². The highest BCUT2D eigenvalue weighted by molar-refractivity contribution is 5.31. The molecule has 0 atom stereocenters. The van der Waals surface area contributed by atoms with E-state index in [1.807, 2.05) is 0 Å². The smallest absolute Gasteiger partial charge is 0.200 e. The Kier molecular flexibility index (Phi) is 7.55. The van der Waals surface area contributed by atoms with E-state index in [9.17, 15) is 8.78 Å². The lowest BCUT2D eigenvalue weighted by atomic mass is 9.68.